The summed E-state index contributed by atoms with van der Waals surface area (Å²) in [5.74, 6) is 0.241. The van der Waals surface area contributed by atoms with E-state index in [4.69, 9.17) is 5.26 Å². The first-order chi connectivity index (χ1) is 10.8. The van der Waals surface area contributed by atoms with Crippen LogP contribution in [0, 0.1) is 11.3 Å². The molecule has 0 unspecified atom stereocenters. The third kappa shape index (κ3) is 3.87. The minimum atomic E-state index is 0.241. The molecule has 118 valence electrons. The van der Waals surface area contributed by atoms with E-state index in [0.29, 0.717) is 12.1 Å². The number of nitriles is 1. The second-order valence-electron chi connectivity index (χ2n) is 6.24. The maximum atomic E-state index is 8.79. The summed E-state index contributed by atoms with van der Waals surface area (Å²) in [7, 11) is 0. The lowest BCUT2D eigenvalue weighted by Gasteiger charge is -2.38. The monoisotopic (exact) mass is 411 g/mol. The summed E-state index contributed by atoms with van der Waals surface area (Å²) >= 11 is 2.61. The first-order valence-corrected chi connectivity index (χ1v) is 9.38. The summed E-state index contributed by atoms with van der Waals surface area (Å²) in [6.07, 6.45) is 11.4. The number of nitrogens with one attached hydrogen (secondary N) is 1. The zero-order valence-corrected chi connectivity index (χ0v) is 14.9. The fraction of sp³-hybridized carbons (Fsp3) is 0.688. The molecular formula is C16H22IN5. The Bertz CT molecular complexity index is 526. The van der Waals surface area contributed by atoms with Gasteiger partial charge in [-0.2, -0.15) is 5.26 Å². The smallest absolute Gasteiger partial charge is 0.232 e. The van der Waals surface area contributed by atoms with E-state index in [9.17, 15) is 0 Å². The summed E-state index contributed by atoms with van der Waals surface area (Å²) in [6.45, 7) is 2.06. The molecule has 1 aromatic rings. The Kier molecular flexibility index (Phi) is 5.47. The SMILES string of the molecule is N#Cc1ncc(N2CCC[C@H](N[C@@H]3CCCC[C@H]3I)C2)cn1. The van der Waals surface area contributed by atoms with Gasteiger partial charge in [-0.25, -0.2) is 9.97 Å². The Morgan fingerprint density at radius 1 is 1.18 bits per heavy atom. The van der Waals surface area contributed by atoms with E-state index < -0.39 is 0 Å². The van der Waals surface area contributed by atoms with E-state index >= 15 is 0 Å². The molecule has 2 aliphatic rings. The summed E-state index contributed by atoms with van der Waals surface area (Å²) in [5.41, 5.74) is 1.03. The van der Waals surface area contributed by atoms with Crippen molar-refractivity contribution in [2.45, 2.75) is 54.5 Å². The molecule has 5 nitrogen and oxygen atoms in total. The van der Waals surface area contributed by atoms with Crippen molar-refractivity contribution in [1.82, 2.24) is 15.3 Å². The number of aromatic nitrogens is 2. The normalized spacial score (nSPS) is 29.1. The van der Waals surface area contributed by atoms with Crippen LogP contribution in [-0.2, 0) is 0 Å². The minimum absolute atomic E-state index is 0.241. The van der Waals surface area contributed by atoms with E-state index in [1.165, 1.54) is 38.5 Å². The molecule has 1 saturated heterocycles. The highest BCUT2D eigenvalue weighted by Crippen LogP contribution is 2.26. The quantitative estimate of drug-likeness (QED) is 0.612. The average molecular weight is 411 g/mol. The summed E-state index contributed by atoms with van der Waals surface area (Å²) in [5, 5.41) is 12.7. The van der Waals surface area contributed by atoms with Gasteiger partial charge in [-0.15, -0.1) is 0 Å². The molecule has 3 rings (SSSR count). The zero-order chi connectivity index (χ0) is 15.4. The first-order valence-electron chi connectivity index (χ1n) is 8.13. The molecular weight excluding hydrogens is 389 g/mol. The van der Waals surface area contributed by atoms with Gasteiger partial charge in [-0.05, 0) is 25.7 Å². The van der Waals surface area contributed by atoms with Gasteiger partial charge in [0.2, 0.25) is 5.82 Å². The molecule has 0 bridgehead atoms. The van der Waals surface area contributed by atoms with Crippen LogP contribution in [-0.4, -0.2) is 39.1 Å². The molecule has 3 atom stereocenters. The summed E-state index contributed by atoms with van der Waals surface area (Å²) in [4.78, 5) is 10.5. The van der Waals surface area contributed by atoms with Gasteiger partial charge >= 0.3 is 0 Å². The van der Waals surface area contributed by atoms with Crippen molar-refractivity contribution in [3.63, 3.8) is 0 Å². The lowest BCUT2D eigenvalue weighted by Crippen LogP contribution is -2.52. The number of anilines is 1. The van der Waals surface area contributed by atoms with Gasteiger partial charge in [-0.3, -0.25) is 0 Å². The molecule has 0 spiro atoms. The fourth-order valence-electron chi connectivity index (χ4n) is 3.47. The molecule has 1 N–H and O–H groups in total. The fourth-order valence-corrected chi connectivity index (χ4v) is 4.47. The number of nitrogens with zero attached hydrogens (tertiary/aromatic N) is 4. The summed E-state index contributed by atoms with van der Waals surface area (Å²) in [6, 6.07) is 3.18. The highest BCUT2D eigenvalue weighted by Gasteiger charge is 2.27. The number of piperidine rings is 1. The Morgan fingerprint density at radius 3 is 2.68 bits per heavy atom. The van der Waals surface area contributed by atoms with Crippen molar-refractivity contribution < 1.29 is 0 Å². The van der Waals surface area contributed by atoms with Gasteiger partial charge < -0.3 is 10.2 Å². The minimum Gasteiger partial charge on any atom is -0.367 e. The molecule has 2 fully saturated rings. The van der Waals surface area contributed by atoms with Gasteiger partial charge in [0.15, 0.2) is 0 Å². The van der Waals surface area contributed by atoms with Crippen molar-refractivity contribution in [2.75, 3.05) is 18.0 Å². The van der Waals surface area contributed by atoms with Crippen LogP contribution < -0.4 is 10.2 Å². The second-order valence-corrected chi connectivity index (χ2v) is 7.84. The van der Waals surface area contributed by atoms with Crippen molar-refractivity contribution in [1.29, 1.82) is 5.26 Å². The van der Waals surface area contributed by atoms with Crippen LogP contribution in [0.3, 0.4) is 0 Å². The number of rotatable bonds is 3. The number of hydrogen-bond acceptors (Lipinski definition) is 5. The maximum absolute atomic E-state index is 8.79. The predicted molar refractivity (Wildman–Crippen MR) is 95.2 cm³/mol. The molecule has 1 saturated carbocycles. The van der Waals surface area contributed by atoms with Crippen LogP contribution in [0.25, 0.3) is 0 Å². The van der Waals surface area contributed by atoms with Crippen LogP contribution in [0.4, 0.5) is 5.69 Å². The van der Waals surface area contributed by atoms with Crippen LogP contribution >= 0.6 is 22.6 Å². The van der Waals surface area contributed by atoms with Crippen molar-refractivity contribution in [3.8, 4) is 6.07 Å². The molecule has 0 amide bonds. The van der Waals surface area contributed by atoms with Gasteiger partial charge in [0.1, 0.15) is 6.07 Å². The number of hydrogen-bond donors (Lipinski definition) is 1. The van der Waals surface area contributed by atoms with E-state index in [1.54, 1.807) is 12.4 Å². The van der Waals surface area contributed by atoms with E-state index in [1.807, 2.05) is 6.07 Å². The molecule has 2 heterocycles. The standard InChI is InChI=1S/C16H22IN5/c17-14-5-1-2-6-15(14)21-12-4-3-7-22(11-12)13-9-19-16(8-18)20-10-13/h9-10,12,14-15,21H,1-7,11H2/t12-,14+,15+/m0/s1. The molecule has 0 radical (unpaired) electrons. The molecule has 0 aromatic carbocycles. The molecule has 6 heteroatoms. The third-order valence-electron chi connectivity index (χ3n) is 4.66. The van der Waals surface area contributed by atoms with Crippen LogP contribution in [0.5, 0.6) is 0 Å². The highest BCUT2D eigenvalue weighted by atomic mass is 127. The zero-order valence-electron chi connectivity index (χ0n) is 12.7. The van der Waals surface area contributed by atoms with E-state index in [2.05, 4.69) is 42.8 Å². The second kappa shape index (κ2) is 7.55. The number of halogens is 1. The van der Waals surface area contributed by atoms with Crippen LogP contribution in [0.15, 0.2) is 12.4 Å². The van der Waals surface area contributed by atoms with Gasteiger partial charge in [0.25, 0.3) is 0 Å². The Morgan fingerprint density at radius 2 is 1.95 bits per heavy atom. The van der Waals surface area contributed by atoms with Gasteiger partial charge in [0.05, 0.1) is 18.1 Å². The lowest BCUT2D eigenvalue weighted by atomic mass is 9.93. The van der Waals surface area contributed by atoms with Crippen molar-refractivity contribution in [2.24, 2.45) is 0 Å². The number of alkyl halides is 1. The van der Waals surface area contributed by atoms with Crippen LogP contribution in [0.1, 0.15) is 44.3 Å². The molecule has 1 aromatic heterocycles. The van der Waals surface area contributed by atoms with E-state index in [0.717, 1.165) is 22.7 Å². The highest BCUT2D eigenvalue weighted by molar-refractivity contribution is 14.1. The predicted octanol–water partition coefficient (Wildman–Crippen LogP) is 2.65. The average Bonchev–Trinajstić information content (AvgIpc) is 2.57. The van der Waals surface area contributed by atoms with Crippen molar-refractivity contribution >= 4 is 28.3 Å². The first kappa shape index (κ1) is 15.9. The lowest BCUT2D eigenvalue weighted by molar-refractivity contribution is 0.325. The maximum Gasteiger partial charge on any atom is 0.232 e. The third-order valence-corrected chi connectivity index (χ3v) is 6.15. The Balaban J connectivity index is 1.60. The van der Waals surface area contributed by atoms with Gasteiger partial charge in [0, 0.05) is 29.1 Å². The topological polar surface area (TPSA) is 64.8 Å². The summed E-state index contributed by atoms with van der Waals surface area (Å²) < 4.78 is 0.764. The molecule has 1 aliphatic heterocycles. The van der Waals surface area contributed by atoms with E-state index in [-0.39, 0.29) is 5.82 Å². The molecule has 22 heavy (non-hydrogen) atoms. The Labute approximate surface area is 145 Å². The van der Waals surface area contributed by atoms with Gasteiger partial charge in [-0.1, -0.05) is 35.4 Å². The molecule has 1 aliphatic carbocycles. The van der Waals surface area contributed by atoms with Crippen LogP contribution in [0.2, 0.25) is 0 Å². The van der Waals surface area contributed by atoms with Crippen molar-refractivity contribution in [3.05, 3.63) is 18.2 Å². The largest absolute Gasteiger partial charge is 0.367 e. The Hall–Kier alpha value is -0.940.